The van der Waals surface area contributed by atoms with Crippen molar-refractivity contribution in [3.05, 3.63) is 22.2 Å². The highest BCUT2D eigenvalue weighted by Gasteiger charge is 2.08. The van der Waals surface area contributed by atoms with Crippen molar-refractivity contribution in [2.75, 3.05) is 5.73 Å². The summed E-state index contributed by atoms with van der Waals surface area (Å²) in [5, 5.41) is 0.582. The van der Waals surface area contributed by atoms with Gasteiger partial charge in [0.25, 0.3) is 0 Å². The summed E-state index contributed by atoms with van der Waals surface area (Å²) in [4.78, 5) is 7.15. The number of thiazole rings is 1. The number of aromatic nitrogens is 2. The van der Waals surface area contributed by atoms with Gasteiger partial charge >= 0.3 is 0 Å². The fraction of sp³-hybridized carbons (Fsp3) is 0. The average molecular weight is 244 g/mol. The van der Waals surface area contributed by atoms with Crippen LogP contribution in [0.3, 0.4) is 0 Å². The monoisotopic (exact) mass is 243 g/mol. The number of anilines is 1. The van der Waals surface area contributed by atoms with Crippen molar-refractivity contribution in [1.82, 2.24) is 9.97 Å². The van der Waals surface area contributed by atoms with Crippen LogP contribution in [0.25, 0.3) is 11.3 Å². The molecule has 0 aliphatic heterocycles. The molecule has 3 nitrogen and oxygen atoms in total. The number of nitrogen functional groups attached to an aromatic ring is 1. The van der Waals surface area contributed by atoms with Gasteiger partial charge in [-0.3, -0.25) is 0 Å². The van der Waals surface area contributed by atoms with Crippen molar-refractivity contribution >= 4 is 32.4 Å². The first-order chi connectivity index (χ1) is 5.77. The van der Waals surface area contributed by atoms with Crippen LogP contribution in [-0.4, -0.2) is 9.97 Å². The van der Waals surface area contributed by atoms with Gasteiger partial charge in [-0.2, -0.15) is 0 Å². The Morgan fingerprint density at radius 2 is 2.42 bits per heavy atom. The van der Waals surface area contributed by atoms with Crippen LogP contribution in [-0.2, 0) is 0 Å². The second-order valence-electron chi connectivity index (χ2n) is 2.27. The third kappa shape index (κ3) is 1.25. The summed E-state index contributed by atoms with van der Waals surface area (Å²) in [6, 6.07) is 1.96. The van der Waals surface area contributed by atoms with Crippen LogP contribution in [0.1, 0.15) is 0 Å². The van der Waals surface area contributed by atoms with E-state index in [9.17, 15) is 0 Å². The summed E-state index contributed by atoms with van der Waals surface area (Å²) >= 11 is 4.84. The van der Waals surface area contributed by atoms with E-state index in [-0.39, 0.29) is 0 Å². The molecule has 0 aliphatic carbocycles. The van der Waals surface area contributed by atoms with Gasteiger partial charge in [0, 0.05) is 18.0 Å². The minimum atomic E-state index is 0.582. The zero-order chi connectivity index (χ0) is 8.55. The highest BCUT2D eigenvalue weighted by molar-refractivity contribution is 9.11. The molecule has 3 N–H and O–H groups in total. The molecule has 0 radical (unpaired) electrons. The Bertz CT molecular complexity index is 379. The summed E-state index contributed by atoms with van der Waals surface area (Å²) in [6.07, 6.45) is 3.75. The maximum atomic E-state index is 5.55. The van der Waals surface area contributed by atoms with E-state index in [0.29, 0.717) is 5.13 Å². The largest absolute Gasteiger partial charge is 0.375 e. The molecule has 0 aromatic carbocycles. The predicted molar refractivity (Wildman–Crippen MR) is 54.0 cm³/mol. The fourth-order valence-corrected chi connectivity index (χ4v) is 2.36. The van der Waals surface area contributed by atoms with E-state index in [0.717, 1.165) is 15.0 Å². The van der Waals surface area contributed by atoms with Gasteiger partial charge in [-0.15, -0.1) is 0 Å². The summed E-state index contributed by atoms with van der Waals surface area (Å²) in [7, 11) is 0. The van der Waals surface area contributed by atoms with Gasteiger partial charge in [0.1, 0.15) is 0 Å². The lowest BCUT2D eigenvalue weighted by atomic mass is 10.3. The molecule has 2 aromatic heterocycles. The molecule has 0 spiro atoms. The molecular formula is C7H6BrN3S. The number of hydrogen-bond donors (Lipinski definition) is 2. The van der Waals surface area contributed by atoms with E-state index in [4.69, 9.17) is 5.73 Å². The number of nitrogens with two attached hydrogens (primary N) is 1. The second-order valence-corrected chi connectivity index (χ2v) is 4.62. The predicted octanol–water partition coefficient (Wildman–Crippen LogP) is 2.48. The van der Waals surface area contributed by atoms with E-state index in [2.05, 4.69) is 25.9 Å². The Hall–Kier alpha value is -0.810. The minimum absolute atomic E-state index is 0.582. The quantitative estimate of drug-likeness (QED) is 0.809. The van der Waals surface area contributed by atoms with E-state index in [1.54, 1.807) is 0 Å². The smallest absolute Gasteiger partial charge is 0.181 e. The van der Waals surface area contributed by atoms with Crippen LogP contribution in [0.2, 0.25) is 0 Å². The molecule has 0 aliphatic rings. The van der Waals surface area contributed by atoms with E-state index < -0.39 is 0 Å². The average Bonchev–Trinajstić information content (AvgIpc) is 2.58. The van der Waals surface area contributed by atoms with Gasteiger partial charge in [-0.05, 0) is 22.0 Å². The molecule has 62 valence electrons. The summed E-state index contributed by atoms with van der Waals surface area (Å²) in [5.41, 5.74) is 7.51. The van der Waals surface area contributed by atoms with E-state index in [1.807, 2.05) is 18.5 Å². The van der Waals surface area contributed by atoms with Crippen LogP contribution in [0.5, 0.6) is 0 Å². The van der Waals surface area contributed by atoms with Crippen LogP contribution >= 0.6 is 27.3 Å². The van der Waals surface area contributed by atoms with Gasteiger partial charge in [-0.25, -0.2) is 4.98 Å². The maximum Gasteiger partial charge on any atom is 0.181 e. The number of aromatic amines is 1. The summed E-state index contributed by atoms with van der Waals surface area (Å²) in [6.45, 7) is 0. The van der Waals surface area contributed by atoms with E-state index in [1.165, 1.54) is 11.3 Å². The normalized spacial score (nSPS) is 10.4. The Kier molecular flexibility index (Phi) is 1.90. The fourth-order valence-electron chi connectivity index (χ4n) is 0.966. The SMILES string of the molecule is Nc1nc(-c2cc[nH]c2)c(Br)s1. The van der Waals surface area contributed by atoms with Crippen LogP contribution in [0.15, 0.2) is 22.2 Å². The molecule has 0 atom stereocenters. The van der Waals surface area contributed by atoms with Crippen molar-refractivity contribution in [2.45, 2.75) is 0 Å². The number of hydrogen-bond acceptors (Lipinski definition) is 3. The number of halogens is 1. The summed E-state index contributed by atoms with van der Waals surface area (Å²) in [5.74, 6) is 0. The Morgan fingerprint density at radius 3 is 2.92 bits per heavy atom. The zero-order valence-electron chi connectivity index (χ0n) is 6.04. The zero-order valence-corrected chi connectivity index (χ0v) is 8.45. The summed E-state index contributed by atoms with van der Waals surface area (Å²) < 4.78 is 0.972. The third-order valence-electron chi connectivity index (χ3n) is 1.47. The first kappa shape index (κ1) is 7.82. The first-order valence-electron chi connectivity index (χ1n) is 3.32. The van der Waals surface area contributed by atoms with Crippen LogP contribution in [0, 0.1) is 0 Å². The molecule has 5 heteroatoms. The Balaban J connectivity index is 2.54. The first-order valence-corrected chi connectivity index (χ1v) is 4.93. The van der Waals surface area contributed by atoms with Crippen molar-refractivity contribution in [3.8, 4) is 11.3 Å². The number of nitrogens with one attached hydrogen (secondary N) is 1. The lowest BCUT2D eigenvalue weighted by Gasteiger charge is -1.88. The molecule has 0 unspecified atom stereocenters. The minimum Gasteiger partial charge on any atom is -0.375 e. The number of H-pyrrole nitrogens is 1. The highest BCUT2D eigenvalue weighted by Crippen LogP contribution is 2.33. The molecular weight excluding hydrogens is 238 g/mol. The van der Waals surface area contributed by atoms with Crippen LogP contribution < -0.4 is 5.73 Å². The molecule has 2 rings (SSSR count). The molecule has 0 amide bonds. The Labute approximate surface area is 81.8 Å². The topological polar surface area (TPSA) is 54.7 Å². The van der Waals surface area contributed by atoms with Gasteiger partial charge in [0.15, 0.2) is 5.13 Å². The van der Waals surface area contributed by atoms with Gasteiger partial charge in [0.05, 0.1) is 9.48 Å². The molecule has 2 aromatic rings. The lowest BCUT2D eigenvalue weighted by molar-refractivity contribution is 1.38. The molecule has 2 heterocycles. The third-order valence-corrected chi connectivity index (χ3v) is 3.01. The maximum absolute atomic E-state index is 5.55. The highest BCUT2D eigenvalue weighted by atomic mass is 79.9. The van der Waals surface area contributed by atoms with Crippen molar-refractivity contribution in [3.63, 3.8) is 0 Å². The standard InChI is InChI=1S/C7H6BrN3S/c8-6-5(11-7(9)12-6)4-1-2-10-3-4/h1-3,10H,(H2,9,11). The van der Waals surface area contributed by atoms with Gasteiger partial charge in [0.2, 0.25) is 0 Å². The van der Waals surface area contributed by atoms with Crippen LogP contribution in [0.4, 0.5) is 5.13 Å². The van der Waals surface area contributed by atoms with Crippen molar-refractivity contribution in [1.29, 1.82) is 0 Å². The molecule has 0 bridgehead atoms. The molecule has 12 heavy (non-hydrogen) atoms. The van der Waals surface area contributed by atoms with E-state index >= 15 is 0 Å². The number of rotatable bonds is 1. The van der Waals surface area contributed by atoms with Gasteiger partial charge < -0.3 is 10.7 Å². The second kappa shape index (κ2) is 2.91. The number of nitrogens with zero attached hydrogens (tertiary/aromatic N) is 1. The van der Waals surface area contributed by atoms with Crippen molar-refractivity contribution in [2.24, 2.45) is 0 Å². The molecule has 0 saturated carbocycles. The molecule has 0 saturated heterocycles. The van der Waals surface area contributed by atoms with Crippen molar-refractivity contribution < 1.29 is 0 Å². The molecule has 0 fully saturated rings. The Morgan fingerprint density at radius 1 is 1.58 bits per heavy atom. The lowest BCUT2D eigenvalue weighted by Crippen LogP contribution is -1.81. The van der Waals surface area contributed by atoms with Gasteiger partial charge in [-0.1, -0.05) is 11.3 Å².